The predicted octanol–water partition coefficient (Wildman–Crippen LogP) is 8.13. The molecule has 0 radical (unpaired) electrons. The molecule has 4 aromatic rings. The van der Waals surface area contributed by atoms with E-state index in [2.05, 4.69) is 171 Å². The van der Waals surface area contributed by atoms with Crippen molar-refractivity contribution in [3.8, 4) is 0 Å². The number of hydrogen-bond donors (Lipinski definition) is 0. The fourth-order valence-corrected chi connectivity index (χ4v) is 9.62. The van der Waals surface area contributed by atoms with Crippen molar-refractivity contribution in [1.82, 2.24) is 0 Å². The van der Waals surface area contributed by atoms with Crippen molar-refractivity contribution in [2.45, 2.75) is 20.8 Å². The van der Waals surface area contributed by atoms with Crippen LogP contribution in [0.15, 0.2) is 103 Å². The summed E-state index contributed by atoms with van der Waals surface area (Å²) >= 11 is 0. The SMILES string of the molecule is Cc1ccccc1N(C)[P+](N(C)c1ccccc1)(N(C)c1ccccc1C)N(C)c1ccccc1C. The maximum Gasteiger partial charge on any atom is 0.404 e. The summed E-state index contributed by atoms with van der Waals surface area (Å²) in [5.74, 6) is 0. The van der Waals surface area contributed by atoms with E-state index in [-0.39, 0.29) is 0 Å². The zero-order valence-corrected chi connectivity index (χ0v) is 23.4. The van der Waals surface area contributed by atoms with Gasteiger partial charge in [-0.2, -0.15) is 18.7 Å². The third-order valence-corrected chi connectivity index (χ3v) is 11.2. The van der Waals surface area contributed by atoms with Crippen LogP contribution in [-0.4, -0.2) is 28.2 Å². The van der Waals surface area contributed by atoms with Crippen molar-refractivity contribution in [3.63, 3.8) is 0 Å². The topological polar surface area (TPSA) is 13.0 Å². The van der Waals surface area contributed by atoms with Crippen molar-refractivity contribution in [3.05, 3.63) is 120 Å². The van der Waals surface area contributed by atoms with Crippen LogP contribution in [0.2, 0.25) is 0 Å². The standard InChI is InChI=1S/C31H38N4P/c1-25-17-11-14-22-29(25)33(5)36(32(4)28-20-9-8-10-21-28,34(6)30-23-15-12-18-26(30)2)35(7)31-24-16-13-19-27(31)3/h8-24H,1-7H3/q+1. The quantitative estimate of drug-likeness (QED) is 0.228. The molecule has 5 heteroatoms. The highest BCUT2D eigenvalue weighted by Gasteiger charge is 2.59. The first kappa shape index (κ1) is 25.6. The normalized spacial score (nSPS) is 11.2. The van der Waals surface area contributed by atoms with Crippen molar-refractivity contribution < 1.29 is 0 Å². The number of aryl methyl sites for hydroxylation is 3. The van der Waals surface area contributed by atoms with Crippen LogP contribution < -0.4 is 18.7 Å². The molecule has 4 aromatic carbocycles. The van der Waals surface area contributed by atoms with E-state index in [4.69, 9.17) is 0 Å². The highest BCUT2D eigenvalue weighted by molar-refractivity contribution is 7.81. The first-order chi connectivity index (χ1) is 17.3. The van der Waals surface area contributed by atoms with Gasteiger partial charge < -0.3 is 0 Å². The lowest BCUT2D eigenvalue weighted by molar-refractivity contribution is 1.08. The average molecular weight is 498 g/mol. The maximum absolute atomic E-state index is 2.51. The molecular formula is C31H38N4P+. The lowest BCUT2D eigenvalue weighted by atomic mass is 10.2. The molecule has 0 saturated heterocycles. The van der Waals surface area contributed by atoms with Gasteiger partial charge in [-0.05, 0) is 67.8 Å². The van der Waals surface area contributed by atoms with Gasteiger partial charge in [-0.15, -0.1) is 0 Å². The largest absolute Gasteiger partial charge is 0.404 e. The molecule has 0 N–H and O–H groups in total. The van der Waals surface area contributed by atoms with E-state index >= 15 is 0 Å². The Kier molecular flexibility index (Phi) is 7.56. The van der Waals surface area contributed by atoms with Gasteiger partial charge >= 0.3 is 7.87 Å². The number of hydrogen-bond acceptors (Lipinski definition) is 4. The Morgan fingerprint density at radius 2 is 0.694 bits per heavy atom. The molecule has 4 rings (SSSR count). The summed E-state index contributed by atoms with van der Waals surface area (Å²) in [5.41, 5.74) is 8.58. The lowest BCUT2D eigenvalue weighted by Gasteiger charge is -2.49. The van der Waals surface area contributed by atoms with E-state index < -0.39 is 7.87 Å². The van der Waals surface area contributed by atoms with E-state index in [0.717, 1.165) is 0 Å². The Morgan fingerprint density at radius 1 is 0.389 bits per heavy atom. The van der Waals surface area contributed by atoms with Crippen molar-refractivity contribution in [2.24, 2.45) is 0 Å². The minimum atomic E-state index is -2.50. The number of benzene rings is 4. The Labute approximate surface area is 218 Å². The Balaban J connectivity index is 2.07. The van der Waals surface area contributed by atoms with Crippen LogP contribution in [0.4, 0.5) is 22.7 Å². The molecule has 0 spiro atoms. The molecule has 186 valence electrons. The summed E-state index contributed by atoms with van der Waals surface area (Å²) in [5, 5.41) is 0. The third-order valence-electron chi connectivity index (χ3n) is 7.13. The summed E-state index contributed by atoms with van der Waals surface area (Å²) in [4.78, 5) is 0. The second-order valence-electron chi connectivity index (χ2n) is 9.33. The van der Waals surface area contributed by atoms with Crippen LogP contribution in [0, 0.1) is 20.8 Å². The highest BCUT2D eigenvalue weighted by Crippen LogP contribution is 2.71. The number of para-hydroxylation sites is 4. The monoisotopic (exact) mass is 497 g/mol. The summed E-state index contributed by atoms with van der Waals surface area (Å²) in [6.45, 7) is 6.60. The van der Waals surface area contributed by atoms with E-state index in [9.17, 15) is 0 Å². The van der Waals surface area contributed by atoms with Gasteiger partial charge in [0.25, 0.3) is 0 Å². The fourth-order valence-electron chi connectivity index (χ4n) is 5.22. The Hall–Kier alpha value is -3.49. The molecule has 0 aliphatic carbocycles. The molecule has 0 aliphatic rings. The minimum Gasteiger partial charge on any atom is -0.193 e. The van der Waals surface area contributed by atoms with Crippen molar-refractivity contribution in [1.29, 1.82) is 0 Å². The lowest BCUT2D eigenvalue weighted by Crippen LogP contribution is -2.50. The van der Waals surface area contributed by atoms with Gasteiger partial charge in [-0.3, -0.25) is 0 Å². The molecule has 0 unspecified atom stereocenters. The molecule has 0 aromatic heterocycles. The van der Waals surface area contributed by atoms with Gasteiger partial charge in [-0.1, -0.05) is 72.8 Å². The Bertz CT molecular complexity index is 1180. The summed E-state index contributed by atoms with van der Waals surface area (Å²) in [7, 11) is 6.49. The second-order valence-corrected chi connectivity index (χ2v) is 12.8. The molecule has 0 aliphatic heterocycles. The molecule has 4 nitrogen and oxygen atoms in total. The van der Waals surface area contributed by atoms with Crippen LogP contribution >= 0.6 is 7.87 Å². The molecular weight excluding hydrogens is 459 g/mol. The van der Waals surface area contributed by atoms with Crippen molar-refractivity contribution >= 4 is 30.6 Å². The van der Waals surface area contributed by atoms with E-state index in [0.29, 0.717) is 0 Å². The highest BCUT2D eigenvalue weighted by atomic mass is 31.2. The van der Waals surface area contributed by atoms with Gasteiger partial charge in [0.15, 0.2) is 0 Å². The van der Waals surface area contributed by atoms with Crippen molar-refractivity contribution in [2.75, 3.05) is 46.9 Å². The summed E-state index contributed by atoms with van der Waals surface area (Å²) < 4.78 is 10.0. The number of rotatable bonds is 8. The summed E-state index contributed by atoms with van der Waals surface area (Å²) in [6.07, 6.45) is 0. The van der Waals surface area contributed by atoms with Gasteiger partial charge in [0, 0.05) is 28.2 Å². The fraction of sp³-hybridized carbons (Fsp3) is 0.226. The first-order valence-electron chi connectivity index (χ1n) is 12.4. The van der Waals surface area contributed by atoms with Crippen LogP contribution in [-0.2, 0) is 0 Å². The molecule has 0 saturated carbocycles. The molecule has 0 fully saturated rings. The zero-order valence-electron chi connectivity index (χ0n) is 22.6. The second kappa shape index (κ2) is 10.6. The summed E-state index contributed by atoms with van der Waals surface area (Å²) in [6, 6.07) is 36.8. The minimum absolute atomic E-state index is 1.17. The first-order valence-corrected chi connectivity index (χ1v) is 14.0. The molecule has 0 atom stereocenters. The molecule has 0 heterocycles. The number of anilines is 4. The van der Waals surface area contributed by atoms with Crippen LogP contribution in [0.3, 0.4) is 0 Å². The van der Waals surface area contributed by atoms with Crippen LogP contribution in [0.25, 0.3) is 0 Å². The molecule has 36 heavy (non-hydrogen) atoms. The van der Waals surface area contributed by atoms with Gasteiger partial charge in [0.05, 0.1) is 22.7 Å². The molecule has 0 bridgehead atoms. The zero-order chi connectivity index (χ0) is 25.9. The van der Waals surface area contributed by atoms with Gasteiger partial charge in [-0.25, -0.2) is 0 Å². The van der Waals surface area contributed by atoms with Gasteiger partial charge in [0.1, 0.15) is 0 Å². The van der Waals surface area contributed by atoms with Crippen LogP contribution in [0.5, 0.6) is 0 Å². The molecule has 0 amide bonds. The van der Waals surface area contributed by atoms with Gasteiger partial charge in [0.2, 0.25) is 0 Å². The van der Waals surface area contributed by atoms with E-state index in [1.165, 1.54) is 39.4 Å². The maximum atomic E-state index is 2.51. The van der Waals surface area contributed by atoms with E-state index in [1.54, 1.807) is 0 Å². The third kappa shape index (κ3) is 4.42. The Morgan fingerprint density at radius 3 is 1.03 bits per heavy atom. The predicted molar refractivity (Wildman–Crippen MR) is 161 cm³/mol. The van der Waals surface area contributed by atoms with E-state index in [1.807, 2.05) is 0 Å². The number of nitrogens with zero attached hydrogens (tertiary/aromatic N) is 4. The smallest absolute Gasteiger partial charge is 0.193 e. The average Bonchev–Trinajstić information content (AvgIpc) is 2.90. The van der Waals surface area contributed by atoms with Crippen LogP contribution in [0.1, 0.15) is 16.7 Å².